The highest BCUT2D eigenvalue weighted by molar-refractivity contribution is 6.29. The summed E-state index contributed by atoms with van der Waals surface area (Å²) < 4.78 is 12.4. The number of benzene rings is 1. The van der Waals surface area contributed by atoms with Crippen molar-refractivity contribution in [1.29, 1.82) is 0 Å². The maximum atomic E-state index is 13.1. The molecule has 1 aliphatic heterocycles. The van der Waals surface area contributed by atoms with E-state index in [1.54, 1.807) is 48.5 Å². The lowest BCUT2D eigenvalue weighted by molar-refractivity contribution is -0.121. The second-order valence-electron chi connectivity index (χ2n) is 9.69. The number of nitrogens with zero attached hydrogens (tertiary/aromatic N) is 6. The number of piperazine rings is 1. The third-order valence-electron chi connectivity index (χ3n) is 6.83. The van der Waals surface area contributed by atoms with Gasteiger partial charge in [-0.25, -0.2) is 14.8 Å². The van der Waals surface area contributed by atoms with Gasteiger partial charge in [0.05, 0.1) is 20.3 Å². The van der Waals surface area contributed by atoms with Gasteiger partial charge in [-0.3, -0.25) is 9.36 Å². The van der Waals surface area contributed by atoms with Gasteiger partial charge in [0.15, 0.2) is 11.5 Å². The Labute approximate surface area is 245 Å². The summed E-state index contributed by atoms with van der Waals surface area (Å²) in [5.41, 5.74) is 1.10. The summed E-state index contributed by atoms with van der Waals surface area (Å²) in [5.74, 6) is 2.24. The molecule has 1 unspecified atom stereocenters. The second kappa shape index (κ2) is 14.5. The van der Waals surface area contributed by atoms with Crippen LogP contribution < -0.4 is 25.0 Å². The van der Waals surface area contributed by atoms with Gasteiger partial charge in [0, 0.05) is 57.6 Å². The molecule has 2 aromatic heterocycles. The maximum absolute atomic E-state index is 13.1. The number of amides is 3. The van der Waals surface area contributed by atoms with Crippen LogP contribution in [0.25, 0.3) is 5.95 Å². The van der Waals surface area contributed by atoms with E-state index in [1.807, 2.05) is 30.0 Å². The molecule has 3 heterocycles. The lowest BCUT2D eigenvalue weighted by Crippen LogP contribution is -2.58. The highest BCUT2D eigenvalue weighted by atomic mass is 35.5. The third kappa shape index (κ3) is 8.00. The van der Waals surface area contributed by atoms with E-state index in [-0.39, 0.29) is 29.6 Å². The first-order chi connectivity index (χ1) is 19.9. The summed E-state index contributed by atoms with van der Waals surface area (Å²) >= 11 is 6.37. The Hall–Kier alpha value is -4.06. The van der Waals surface area contributed by atoms with Crippen LogP contribution >= 0.6 is 11.6 Å². The van der Waals surface area contributed by atoms with E-state index in [0.717, 1.165) is 24.8 Å². The quantitative estimate of drug-likeness (QED) is 0.246. The predicted molar refractivity (Wildman–Crippen MR) is 156 cm³/mol. The average molecular weight is 585 g/mol. The van der Waals surface area contributed by atoms with Crippen molar-refractivity contribution in [2.45, 2.75) is 38.6 Å². The number of nitrogens with one attached hydrogen (secondary N) is 2. The van der Waals surface area contributed by atoms with E-state index in [2.05, 4.69) is 20.6 Å². The molecule has 0 aliphatic carbocycles. The standard InChI is InChI=1S/C28H37ClN8O4/c1-4-9-32-28(39)35-13-14-37(25-17-24(29)33-27(34-25)36-12-11-30-19-36)21(18-35)16-26(38)31-10-5-6-20-7-8-22(40-2)23(15-20)41-3/h7-8,11-12,15,17,19,21H,4-6,9-10,13-14,16,18H2,1-3H3,(H,31,38)(H,32,39). The van der Waals surface area contributed by atoms with Gasteiger partial charge in [0.1, 0.15) is 17.3 Å². The van der Waals surface area contributed by atoms with Crippen molar-refractivity contribution in [1.82, 2.24) is 35.1 Å². The smallest absolute Gasteiger partial charge is 0.317 e. The summed E-state index contributed by atoms with van der Waals surface area (Å²) in [6.45, 7) is 4.48. The summed E-state index contributed by atoms with van der Waals surface area (Å²) in [7, 11) is 3.22. The number of halogens is 1. The van der Waals surface area contributed by atoms with Crippen LogP contribution in [0, 0.1) is 0 Å². The topological polar surface area (TPSA) is 127 Å². The highest BCUT2D eigenvalue weighted by Crippen LogP contribution is 2.28. The first-order valence-corrected chi connectivity index (χ1v) is 14.1. The zero-order valence-corrected chi connectivity index (χ0v) is 24.4. The molecule has 0 saturated carbocycles. The molecule has 2 N–H and O–H groups in total. The van der Waals surface area contributed by atoms with Crippen LogP contribution in [0.15, 0.2) is 43.0 Å². The Kier molecular flexibility index (Phi) is 10.6. The van der Waals surface area contributed by atoms with Gasteiger partial charge in [-0.05, 0) is 37.0 Å². The van der Waals surface area contributed by atoms with Crippen molar-refractivity contribution in [3.05, 3.63) is 53.7 Å². The average Bonchev–Trinajstić information content (AvgIpc) is 3.53. The van der Waals surface area contributed by atoms with E-state index in [1.165, 1.54) is 0 Å². The van der Waals surface area contributed by atoms with Gasteiger partial charge in [-0.2, -0.15) is 4.98 Å². The van der Waals surface area contributed by atoms with Crippen LogP contribution in [0.1, 0.15) is 31.7 Å². The van der Waals surface area contributed by atoms with Crippen molar-refractivity contribution < 1.29 is 19.1 Å². The minimum Gasteiger partial charge on any atom is -0.493 e. The van der Waals surface area contributed by atoms with Crippen molar-refractivity contribution >= 4 is 29.4 Å². The van der Waals surface area contributed by atoms with Crippen molar-refractivity contribution in [2.75, 3.05) is 51.8 Å². The number of hydrogen-bond donors (Lipinski definition) is 2. The van der Waals surface area contributed by atoms with E-state index in [0.29, 0.717) is 56.0 Å². The number of hydrogen-bond acceptors (Lipinski definition) is 8. The lowest BCUT2D eigenvalue weighted by atomic mass is 10.1. The Morgan fingerprint density at radius 3 is 2.63 bits per heavy atom. The molecule has 1 saturated heterocycles. The number of methoxy groups -OCH3 is 2. The van der Waals surface area contributed by atoms with E-state index in [4.69, 9.17) is 26.1 Å². The minimum absolute atomic E-state index is 0.0990. The van der Waals surface area contributed by atoms with Crippen LogP contribution in [0.4, 0.5) is 10.6 Å². The number of carbonyl (C=O) groups is 2. The normalized spacial score (nSPS) is 15.0. The van der Waals surface area contributed by atoms with E-state index in [9.17, 15) is 9.59 Å². The molecule has 0 radical (unpaired) electrons. The first-order valence-electron chi connectivity index (χ1n) is 13.7. The Bertz CT molecular complexity index is 1310. The fraction of sp³-hybridized carbons (Fsp3) is 0.464. The minimum atomic E-state index is -0.302. The number of urea groups is 1. The molecule has 0 spiro atoms. The molecule has 3 amide bonds. The van der Waals surface area contributed by atoms with E-state index >= 15 is 0 Å². The Morgan fingerprint density at radius 2 is 1.90 bits per heavy atom. The molecule has 0 bridgehead atoms. The summed E-state index contributed by atoms with van der Waals surface area (Å²) in [6, 6.07) is 7.07. The van der Waals surface area contributed by atoms with Crippen molar-refractivity contribution in [3.8, 4) is 17.4 Å². The molecule has 41 heavy (non-hydrogen) atoms. The van der Waals surface area contributed by atoms with Crippen LogP contribution in [-0.2, 0) is 11.2 Å². The number of imidazole rings is 1. The molecule has 3 aromatic rings. The van der Waals surface area contributed by atoms with Crippen molar-refractivity contribution in [2.24, 2.45) is 0 Å². The highest BCUT2D eigenvalue weighted by Gasteiger charge is 2.32. The van der Waals surface area contributed by atoms with Gasteiger partial charge in [-0.15, -0.1) is 0 Å². The van der Waals surface area contributed by atoms with Gasteiger partial charge in [-0.1, -0.05) is 24.6 Å². The molecule has 12 nitrogen and oxygen atoms in total. The van der Waals surface area contributed by atoms with Crippen molar-refractivity contribution in [3.63, 3.8) is 0 Å². The van der Waals surface area contributed by atoms with Gasteiger partial charge in [0.2, 0.25) is 11.9 Å². The number of aromatic nitrogens is 4. The maximum Gasteiger partial charge on any atom is 0.317 e. The number of carbonyl (C=O) groups excluding carboxylic acids is 2. The third-order valence-corrected chi connectivity index (χ3v) is 7.02. The van der Waals surface area contributed by atoms with Crippen LogP contribution in [-0.4, -0.2) is 89.3 Å². The molecule has 1 fully saturated rings. The molecule has 1 aliphatic rings. The molecule has 1 atom stereocenters. The first kappa shape index (κ1) is 29.9. The van der Waals surface area contributed by atoms with Crippen LogP contribution in [0.5, 0.6) is 11.5 Å². The van der Waals surface area contributed by atoms with E-state index < -0.39 is 0 Å². The molecule has 13 heteroatoms. The Balaban J connectivity index is 1.41. The molecule has 220 valence electrons. The fourth-order valence-electron chi connectivity index (χ4n) is 4.74. The monoisotopic (exact) mass is 584 g/mol. The SMILES string of the molecule is CCCNC(=O)N1CCN(c2cc(Cl)nc(-n3ccnc3)n2)C(CC(=O)NCCCc2ccc(OC)c(OC)c2)C1. The lowest BCUT2D eigenvalue weighted by Gasteiger charge is -2.42. The molecule has 4 rings (SSSR count). The largest absolute Gasteiger partial charge is 0.493 e. The fourth-order valence-corrected chi connectivity index (χ4v) is 4.91. The van der Waals surface area contributed by atoms with Gasteiger partial charge >= 0.3 is 6.03 Å². The number of anilines is 1. The van der Waals surface area contributed by atoms with Crippen LogP contribution in [0.3, 0.4) is 0 Å². The zero-order chi connectivity index (χ0) is 29.2. The van der Waals surface area contributed by atoms with Gasteiger partial charge < -0.3 is 29.9 Å². The summed E-state index contributed by atoms with van der Waals surface area (Å²) in [4.78, 5) is 42.7. The molecular weight excluding hydrogens is 548 g/mol. The summed E-state index contributed by atoms with van der Waals surface area (Å²) in [5, 5.41) is 6.25. The zero-order valence-electron chi connectivity index (χ0n) is 23.7. The summed E-state index contributed by atoms with van der Waals surface area (Å²) in [6.07, 6.45) is 7.54. The molecular formula is C28H37ClN8O4. The van der Waals surface area contributed by atoms with Gasteiger partial charge in [0.25, 0.3) is 0 Å². The number of rotatable bonds is 12. The molecule has 1 aromatic carbocycles. The van der Waals surface area contributed by atoms with Crippen LogP contribution in [0.2, 0.25) is 5.15 Å². The number of aryl methyl sites for hydroxylation is 1. The Morgan fingerprint density at radius 1 is 1.07 bits per heavy atom. The second-order valence-corrected chi connectivity index (χ2v) is 10.1. The predicted octanol–water partition coefficient (Wildman–Crippen LogP) is 3.08. The number of ether oxygens (including phenoxy) is 2.